The van der Waals surface area contributed by atoms with Crippen LogP contribution in [0, 0.1) is 5.41 Å². The Hall–Kier alpha value is -1.74. The summed E-state index contributed by atoms with van der Waals surface area (Å²) in [5.74, 6) is 0.518. The van der Waals surface area contributed by atoms with E-state index in [1.54, 1.807) is 0 Å². The average molecular weight is 355 g/mol. The maximum atomic E-state index is 11.6. The summed E-state index contributed by atoms with van der Waals surface area (Å²) < 4.78 is 30.5. The molecule has 0 aliphatic heterocycles. The predicted molar refractivity (Wildman–Crippen MR) is 91.4 cm³/mol. The molecule has 2 rings (SSSR count). The van der Waals surface area contributed by atoms with Crippen LogP contribution in [-0.4, -0.2) is 40.6 Å². The highest BCUT2D eigenvalue weighted by Crippen LogP contribution is 2.31. The third-order valence-electron chi connectivity index (χ3n) is 4.42. The summed E-state index contributed by atoms with van der Waals surface area (Å²) in [6.07, 6.45) is 2.71. The standard InChI is InChI=1S/C15H25N5O3S/c1-5-15(6-2,9-24(16,21)22)8-23-14-12(11(3)4)7-13-17-10-18-20(13)19-14/h7,10-11H,5-6,8-9H2,1-4H3,(H2,16,21,22). The van der Waals surface area contributed by atoms with Crippen LogP contribution in [0.4, 0.5) is 0 Å². The van der Waals surface area contributed by atoms with Gasteiger partial charge in [0.25, 0.3) is 0 Å². The number of hydrogen-bond donors (Lipinski definition) is 1. The van der Waals surface area contributed by atoms with E-state index < -0.39 is 15.4 Å². The van der Waals surface area contributed by atoms with Gasteiger partial charge in [0.1, 0.15) is 6.33 Å². The van der Waals surface area contributed by atoms with Gasteiger partial charge in [-0.05, 0) is 24.8 Å². The van der Waals surface area contributed by atoms with Crippen molar-refractivity contribution < 1.29 is 13.2 Å². The molecule has 0 saturated heterocycles. The number of hydrogen-bond acceptors (Lipinski definition) is 6. The average Bonchev–Trinajstić information content (AvgIpc) is 2.96. The normalized spacial score (nSPS) is 12.9. The summed E-state index contributed by atoms with van der Waals surface area (Å²) in [6, 6.07) is 1.89. The summed E-state index contributed by atoms with van der Waals surface area (Å²) in [5.41, 5.74) is 1.01. The SMILES string of the molecule is CCC(CC)(COc1nn2ncnc2cc1C(C)C)CS(N)(=O)=O. The number of ether oxygens (including phenoxy) is 1. The van der Waals surface area contributed by atoms with E-state index in [-0.39, 0.29) is 18.3 Å². The Morgan fingerprint density at radius 2 is 2.00 bits per heavy atom. The zero-order valence-corrected chi connectivity index (χ0v) is 15.4. The lowest BCUT2D eigenvalue weighted by Gasteiger charge is -2.30. The van der Waals surface area contributed by atoms with Crippen molar-refractivity contribution >= 4 is 15.7 Å². The van der Waals surface area contributed by atoms with Gasteiger partial charge in [-0.25, -0.2) is 18.5 Å². The second kappa shape index (κ2) is 7.02. The molecule has 0 amide bonds. The van der Waals surface area contributed by atoms with Crippen molar-refractivity contribution in [2.45, 2.75) is 46.5 Å². The summed E-state index contributed by atoms with van der Waals surface area (Å²) in [5, 5.41) is 13.6. The van der Waals surface area contributed by atoms with Crippen LogP contribution >= 0.6 is 0 Å². The molecule has 24 heavy (non-hydrogen) atoms. The van der Waals surface area contributed by atoms with Gasteiger partial charge in [0.2, 0.25) is 15.9 Å². The van der Waals surface area contributed by atoms with Crippen LogP contribution in [0.5, 0.6) is 5.88 Å². The lowest BCUT2D eigenvalue weighted by molar-refractivity contribution is 0.146. The molecule has 0 bridgehead atoms. The lowest BCUT2D eigenvalue weighted by atomic mass is 9.85. The molecule has 0 spiro atoms. The number of rotatable bonds is 8. The van der Waals surface area contributed by atoms with Crippen LogP contribution < -0.4 is 9.88 Å². The largest absolute Gasteiger partial charge is 0.476 e. The number of aromatic nitrogens is 4. The summed E-state index contributed by atoms with van der Waals surface area (Å²) in [6.45, 7) is 8.18. The monoisotopic (exact) mass is 355 g/mol. The molecule has 0 unspecified atom stereocenters. The second-order valence-electron chi connectivity index (χ2n) is 6.47. The number of primary sulfonamides is 1. The van der Waals surface area contributed by atoms with Crippen molar-refractivity contribution in [3.63, 3.8) is 0 Å². The molecular formula is C15H25N5O3S. The Morgan fingerprint density at radius 1 is 1.33 bits per heavy atom. The summed E-state index contributed by atoms with van der Waals surface area (Å²) in [7, 11) is -3.59. The summed E-state index contributed by atoms with van der Waals surface area (Å²) >= 11 is 0. The second-order valence-corrected chi connectivity index (χ2v) is 8.08. The molecule has 0 radical (unpaired) electrons. The maximum Gasteiger partial charge on any atom is 0.237 e. The molecule has 2 aromatic heterocycles. The van der Waals surface area contributed by atoms with Crippen LogP contribution in [-0.2, 0) is 10.0 Å². The molecule has 0 fully saturated rings. The van der Waals surface area contributed by atoms with Gasteiger partial charge < -0.3 is 4.74 Å². The molecule has 0 aliphatic rings. The molecule has 2 heterocycles. The molecule has 9 heteroatoms. The minimum absolute atomic E-state index is 0.115. The first kappa shape index (κ1) is 18.6. The fourth-order valence-electron chi connectivity index (χ4n) is 2.64. The van der Waals surface area contributed by atoms with Crippen LogP contribution in [0.15, 0.2) is 12.4 Å². The zero-order valence-electron chi connectivity index (χ0n) is 14.6. The smallest absolute Gasteiger partial charge is 0.237 e. The van der Waals surface area contributed by atoms with Crippen LogP contribution in [0.1, 0.15) is 52.0 Å². The number of sulfonamides is 1. The van der Waals surface area contributed by atoms with Gasteiger partial charge in [0, 0.05) is 11.0 Å². The molecule has 0 atom stereocenters. The van der Waals surface area contributed by atoms with Gasteiger partial charge in [-0.2, -0.15) is 0 Å². The third-order valence-corrected chi connectivity index (χ3v) is 5.43. The van der Waals surface area contributed by atoms with E-state index >= 15 is 0 Å². The first-order valence-electron chi connectivity index (χ1n) is 8.04. The van der Waals surface area contributed by atoms with E-state index in [0.29, 0.717) is 24.4 Å². The zero-order chi connectivity index (χ0) is 18.0. The minimum Gasteiger partial charge on any atom is -0.476 e. The van der Waals surface area contributed by atoms with E-state index in [9.17, 15) is 8.42 Å². The van der Waals surface area contributed by atoms with E-state index in [2.05, 4.69) is 15.2 Å². The van der Waals surface area contributed by atoms with Crippen molar-refractivity contribution in [1.82, 2.24) is 19.8 Å². The van der Waals surface area contributed by atoms with Crippen molar-refractivity contribution in [2.75, 3.05) is 12.4 Å². The van der Waals surface area contributed by atoms with E-state index in [0.717, 1.165) is 5.56 Å². The highest BCUT2D eigenvalue weighted by molar-refractivity contribution is 7.89. The molecule has 0 saturated carbocycles. The Bertz CT molecular complexity index is 797. The van der Waals surface area contributed by atoms with Gasteiger partial charge in [0.15, 0.2) is 5.65 Å². The fraction of sp³-hybridized carbons (Fsp3) is 0.667. The molecule has 8 nitrogen and oxygen atoms in total. The third kappa shape index (κ3) is 4.21. The van der Waals surface area contributed by atoms with Crippen LogP contribution in [0.3, 0.4) is 0 Å². The van der Waals surface area contributed by atoms with Gasteiger partial charge in [-0.15, -0.1) is 14.8 Å². The van der Waals surface area contributed by atoms with Crippen molar-refractivity contribution in [3.8, 4) is 5.88 Å². The van der Waals surface area contributed by atoms with E-state index in [1.165, 1.54) is 11.0 Å². The molecule has 2 aromatic rings. The Morgan fingerprint density at radius 3 is 2.54 bits per heavy atom. The Kier molecular flexibility index (Phi) is 5.44. The van der Waals surface area contributed by atoms with Crippen molar-refractivity contribution in [3.05, 3.63) is 18.0 Å². The molecule has 0 aliphatic carbocycles. The van der Waals surface area contributed by atoms with E-state index in [4.69, 9.17) is 9.88 Å². The first-order valence-corrected chi connectivity index (χ1v) is 9.75. The Balaban J connectivity index is 2.31. The van der Waals surface area contributed by atoms with Gasteiger partial charge in [0.05, 0.1) is 12.4 Å². The Labute approximate surface area is 142 Å². The number of nitrogens with zero attached hydrogens (tertiary/aromatic N) is 4. The fourth-order valence-corrected chi connectivity index (χ4v) is 3.98. The lowest BCUT2D eigenvalue weighted by Crippen LogP contribution is -2.38. The molecule has 134 valence electrons. The number of nitrogens with two attached hydrogens (primary N) is 1. The number of fused-ring (bicyclic) bond motifs is 1. The van der Waals surface area contributed by atoms with Crippen LogP contribution in [0.2, 0.25) is 0 Å². The van der Waals surface area contributed by atoms with Crippen molar-refractivity contribution in [2.24, 2.45) is 10.6 Å². The molecule has 2 N–H and O–H groups in total. The maximum absolute atomic E-state index is 11.6. The highest BCUT2D eigenvalue weighted by Gasteiger charge is 2.32. The van der Waals surface area contributed by atoms with Crippen LogP contribution in [0.25, 0.3) is 5.65 Å². The summed E-state index contributed by atoms with van der Waals surface area (Å²) in [4.78, 5) is 4.13. The minimum atomic E-state index is -3.59. The topological polar surface area (TPSA) is 112 Å². The molecule has 0 aromatic carbocycles. The first-order chi connectivity index (χ1) is 11.2. The van der Waals surface area contributed by atoms with Gasteiger partial charge >= 0.3 is 0 Å². The van der Waals surface area contributed by atoms with Gasteiger partial charge in [-0.1, -0.05) is 27.7 Å². The molecular weight excluding hydrogens is 330 g/mol. The quantitative estimate of drug-likeness (QED) is 0.771. The van der Waals surface area contributed by atoms with Crippen molar-refractivity contribution in [1.29, 1.82) is 0 Å². The van der Waals surface area contributed by atoms with Gasteiger partial charge in [-0.3, -0.25) is 0 Å². The highest BCUT2D eigenvalue weighted by atomic mass is 32.2. The predicted octanol–water partition coefficient (Wildman–Crippen LogP) is 1.72. The van der Waals surface area contributed by atoms with E-state index in [1.807, 2.05) is 33.8 Å².